The van der Waals surface area contributed by atoms with Gasteiger partial charge in [-0.05, 0) is 25.8 Å². The predicted octanol–water partition coefficient (Wildman–Crippen LogP) is 1.41. The Morgan fingerprint density at radius 1 is 1.45 bits per heavy atom. The Labute approximate surface area is 69.3 Å². The van der Waals surface area contributed by atoms with Crippen molar-refractivity contribution in [3.63, 3.8) is 0 Å². The summed E-state index contributed by atoms with van der Waals surface area (Å²) in [6.45, 7) is 1.00. The lowest BCUT2D eigenvalue weighted by atomic mass is 10.0. The summed E-state index contributed by atoms with van der Waals surface area (Å²) in [5, 5.41) is 3.17. The van der Waals surface area contributed by atoms with E-state index < -0.39 is 0 Å². The van der Waals surface area contributed by atoms with Crippen LogP contribution in [-0.4, -0.2) is 26.8 Å². The molecule has 0 spiro atoms. The quantitative estimate of drug-likeness (QED) is 0.666. The van der Waals surface area contributed by atoms with Gasteiger partial charge in [0.05, 0.1) is 6.10 Å². The van der Waals surface area contributed by atoms with Crippen molar-refractivity contribution in [2.75, 3.05) is 20.7 Å². The predicted molar refractivity (Wildman–Crippen MR) is 46.7 cm³/mol. The first-order valence-electron chi connectivity index (χ1n) is 4.56. The fourth-order valence-corrected chi connectivity index (χ4v) is 1.97. The second-order valence-corrected chi connectivity index (χ2v) is 3.38. The highest BCUT2D eigenvalue weighted by Gasteiger charge is 2.23. The molecule has 0 radical (unpaired) electrons. The van der Waals surface area contributed by atoms with E-state index in [0.717, 1.165) is 12.5 Å². The summed E-state index contributed by atoms with van der Waals surface area (Å²) in [5.41, 5.74) is 0. The molecule has 0 aromatic rings. The van der Waals surface area contributed by atoms with Crippen molar-refractivity contribution in [2.45, 2.75) is 31.8 Å². The number of hydrogen-bond donors (Lipinski definition) is 1. The first kappa shape index (κ1) is 9.01. The lowest BCUT2D eigenvalue weighted by molar-refractivity contribution is 0.0558. The molecule has 0 aromatic carbocycles. The standard InChI is InChI=1S/C9H19NO/c1-10-7-9(11-2)8-5-3-4-6-8/h8-10H,3-7H2,1-2H3. The summed E-state index contributed by atoms with van der Waals surface area (Å²) in [7, 11) is 3.81. The molecule has 0 heterocycles. The van der Waals surface area contributed by atoms with Crippen LogP contribution >= 0.6 is 0 Å². The van der Waals surface area contributed by atoms with Crippen LogP contribution in [0.5, 0.6) is 0 Å². The number of likely N-dealkylation sites (N-methyl/N-ethyl adjacent to an activating group) is 1. The van der Waals surface area contributed by atoms with E-state index in [1.54, 1.807) is 0 Å². The minimum atomic E-state index is 0.447. The molecule has 0 aliphatic heterocycles. The molecular formula is C9H19NO. The molecular weight excluding hydrogens is 138 g/mol. The van der Waals surface area contributed by atoms with Gasteiger partial charge in [0.15, 0.2) is 0 Å². The van der Waals surface area contributed by atoms with Crippen molar-refractivity contribution < 1.29 is 4.74 Å². The second-order valence-electron chi connectivity index (χ2n) is 3.38. The molecule has 1 saturated carbocycles. The number of ether oxygens (including phenoxy) is 1. The zero-order valence-corrected chi connectivity index (χ0v) is 7.60. The molecule has 66 valence electrons. The molecule has 0 saturated heterocycles. The Kier molecular flexibility index (Phi) is 3.87. The fourth-order valence-electron chi connectivity index (χ4n) is 1.97. The number of nitrogens with one attached hydrogen (secondary N) is 1. The van der Waals surface area contributed by atoms with Crippen molar-refractivity contribution in [3.05, 3.63) is 0 Å². The average Bonchev–Trinajstić information content (AvgIpc) is 2.52. The Morgan fingerprint density at radius 3 is 2.55 bits per heavy atom. The molecule has 1 aliphatic rings. The zero-order chi connectivity index (χ0) is 8.10. The summed E-state index contributed by atoms with van der Waals surface area (Å²) >= 11 is 0. The summed E-state index contributed by atoms with van der Waals surface area (Å²) in [6, 6.07) is 0. The normalized spacial score (nSPS) is 22.4. The fraction of sp³-hybridized carbons (Fsp3) is 1.00. The summed E-state index contributed by atoms with van der Waals surface area (Å²) in [5.74, 6) is 0.812. The summed E-state index contributed by atoms with van der Waals surface area (Å²) in [6.07, 6.45) is 5.96. The number of methoxy groups -OCH3 is 1. The zero-order valence-electron chi connectivity index (χ0n) is 7.60. The molecule has 1 rings (SSSR count). The van der Waals surface area contributed by atoms with E-state index in [1.165, 1.54) is 25.7 Å². The van der Waals surface area contributed by atoms with Crippen molar-refractivity contribution >= 4 is 0 Å². The van der Waals surface area contributed by atoms with Crippen LogP contribution in [0.2, 0.25) is 0 Å². The molecule has 0 aromatic heterocycles. The number of hydrogen-bond acceptors (Lipinski definition) is 2. The van der Waals surface area contributed by atoms with Gasteiger partial charge in [0.25, 0.3) is 0 Å². The molecule has 1 atom stereocenters. The molecule has 1 unspecified atom stereocenters. The van der Waals surface area contributed by atoms with Gasteiger partial charge >= 0.3 is 0 Å². The SMILES string of the molecule is CNCC(OC)C1CCCC1. The van der Waals surface area contributed by atoms with Gasteiger partial charge < -0.3 is 10.1 Å². The molecule has 2 nitrogen and oxygen atoms in total. The van der Waals surface area contributed by atoms with Crippen LogP contribution in [0.4, 0.5) is 0 Å². The Hall–Kier alpha value is -0.0800. The van der Waals surface area contributed by atoms with Gasteiger partial charge in [-0.2, -0.15) is 0 Å². The van der Waals surface area contributed by atoms with Crippen LogP contribution in [0.25, 0.3) is 0 Å². The van der Waals surface area contributed by atoms with Gasteiger partial charge in [0.2, 0.25) is 0 Å². The van der Waals surface area contributed by atoms with Crippen LogP contribution in [0.1, 0.15) is 25.7 Å². The smallest absolute Gasteiger partial charge is 0.0723 e. The van der Waals surface area contributed by atoms with E-state index in [2.05, 4.69) is 5.32 Å². The maximum absolute atomic E-state index is 5.41. The first-order chi connectivity index (χ1) is 5.38. The van der Waals surface area contributed by atoms with E-state index >= 15 is 0 Å². The highest BCUT2D eigenvalue weighted by molar-refractivity contribution is 4.76. The maximum atomic E-state index is 5.41. The molecule has 1 aliphatic carbocycles. The maximum Gasteiger partial charge on any atom is 0.0723 e. The topological polar surface area (TPSA) is 21.3 Å². The van der Waals surface area contributed by atoms with Crippen LogP contribution < -0.4 is 5.32 Å². The van der Waals surface area contributed by atoms with E-state index in [0.29, 0.717) is 6.10 Å². The van der Waals surface area contributed by atoms with Crippen molar-refractivity contribution in [1.82, 2.24) is 5.32 Å². The third kappa shape index (κ3) is 2.46. The minimum Gasteiger partial charge on any atom is -0.380 e. The lowest BCUT2D eigenvalue weighted by Gasteiger charge is -2.21. The summed E-state index contributed by atoms with van der Waals surface area (Å²) in [4.78, 5) is 0. The van der Waals surface area contributed by atoms with Gasteiger partial charge in [-0.1, -0.05) is 12.8 Å². The Morgan fingerprint density at radius 2 is 2.09 bits per heavy atom. The van der Waals surface area contributed by atoms with Crippen LogP contribution in [-0.2, 0) is 4.74 Å². The monoisotopic (exact) mass is 157 g/mol. The molecule has 1 fully saturated rings. The third-order valence-corrected chi connectivity index (χ3v) is 2.63. The van der Waals surface area contributed by atoms with E-state index in [-0.39, 0.29) is 0 Å². The molecule has 0 bridgehead atoms. The van der Waals surface area contributed by atoms with E-state index in [9.17, 15) is 0 Å². The molecule has 0 amide bonds. The largest absolute Gasteiger partial charge is 0.380 e. The van der Waals surface area contributed by atoms with Gasteiger partial charge in [0, 0.05) is 13.7 Å². The van der Waals surface area contributed by atoms with Crippen molar-refractivity contribution in [1.29, 1.82) is 0 Å². The van der Waals surface area contributed by atoms with Gasteiger partial charge in [-0.15, -0.1) is 0 Å². The first-order valence-corrected chi connectivity index (χ1v) is 4.56. The van der Waals surface area contributed by atoms with Crippen molar-refractivity contribution in [3.8, 4) is 0 Å². The van der Waals surface area contributed by atoms with E-state index in [1.807, 2.05) is 14.2 Å². The summed E-state index contributed by atoms with van der Waals surface area (Å²) < 4.78 is 5.41. The second kappa shape index (κ2) is 4.73. The Balaban J connectivity index is 2.27. The highest BCUT2D eigenvalue weighted by Crippen LogP contribution is 2.28. The molecule has 1 N–H and O–H groups in total. The van der Waals surface area contributed by atoms with E-state index in [4.69, 9.17) is 4.74 Å². The van der Waals surface area contributed by atoms with Crippen LogP contribution in [0.15, 0.2) is 0 Å². The van der Waals surface area contributed by atoms with Crippen molar-refractivity contribution in [2.24, 2.45) is 5.92 Å². The number of rotatable bonds is 4. The lowest BCUT2D eigenvalue weighted by Crippen LogP contribution is -2.31. The van der Waals surface area contributed by atoms with Gasteiger partial charge in [-0.25, -0.2) is 0 Å². The Bertz CT molecular complexity index is 99.7. The van der Waals surface area contributed by atoms with Gasteiger partial charge in [0.1, 0.15) is 0 Å². The minimum absolute atomic E-state index is 0.447. The highest BCUT2D eigenvalue weighted by atomic mass is 16.5. The van der Waals surface area contributed by atoms with Crippen LogP contribution in [0, 0.1) is 5.92 Å². The molecule has 2 heteroatoms. The third-order valence-electron chi connectivity index (χ3n) is 2.63. The van der Waals surface area contributed by atoms with Gasteiger partial charge in [-0.3, -0.25) is 0 Å². The van der Waals surface area contributed by atoms with Crippen LogP contribution in [0.3, 0.4) is 0 Å². The average molecular weight is 157 g/mol. The molecule has 11 heavy (non-hydrogen) atoms.